The minimum Gasteiger partial charge on any atom is -0.462 e. The first-order valence-electron chi connectivity index (χ1n) is 5.08. The number of carbonyl (C=O) groups is 2. The van der Waals surface area contributed by atoms with E-state index >= 15 is 0 Å². The maximum Gasteiger partial charge on any atom is 0.340 e. The van der Waals surface area contributed by atoms with Crippen LogP contribution >= 0.6 is 23.2 Å². The van der Waals surface area contributed by atoms with Crippen LogP contribution in [0.1, 0.15) is 39.0 Å². The van der Waals surface area contributed by atoms with Gasteiger partial charge in [-0.3, -0.25) is 4.79 Å². The number of carbonyl (C=O) groups excluding carboxylic acids is 2. The number of aryl methyl sites for hydroxylation is 2. The Morgan fingerprint density at radius 2 is 1.76 bits per heavy atom. The van der Waals surface area contributed by atoms with Gasteiger partial charge in [0.05, 0.1) is 17.7 Å². The highest BCUT2D eigenvalue weighted by Crippen LogP contribution is 2.23. The molecular weight excluding hydrogens is 265 g/mol. The Hall–Kier alpha value is -1.000. The summed E-state index contributed by atoms with van der Waals surface area (Å²) in [7, 11) is 0. The van der Waals surface area contributed by atoms with Crippen molar-refractivity contribution < 1.29 is 14.3 Å². The quantitative estimate of drug-likeness (QED) is 0.523. The molecule has 0 fully saturated rings. The lowest BCUT2D eigenvalue weighted by Gasteiger charge is -2.05. The van der Waals surface area contributed by atoms with E-state index in [4.69, 9.17) is 27.9 Å². The number of ketones is 1. The summed E-state index contributed by atoms with van der Waals surface area (Å²) in [6.07, 6.45) is 0. The molecule has 0 unspecified atom stereocenters. The van der Waals surface area contributed by atoms with Crippen LogP contribution in [0.15, 0.2) is 0 Å². The maximum atomic E-state index is 11.8. The second kappa shape index (κ2) is 5.56. The van der Waals surface area contributed by atoms with Crippen molar-refractivity contribution in [3.05, 3.63) is 22.5 Å². The number of hydrogen-bond acceptors (Lipinski definition) is 3. The molecule has 17 heavy (non-hydrogen) atoms. The number of alkyl halides is 2. The second-order valence-electron chi connectivity index (χ2n) is 3.51. The van der Waals surface area contributed by atoms with Crippen LogP contribution in [-0.4, -0.2) is 28.2 Å². The molecule has 0 aliphatic carbocycles. The topological polar surface area (TPSA) is 59.2 Å². The van der Waals surface area contributed by atoms with Gasteiger partial charge in [0.1, 0.15) is 0 Å². The summed E-state index contributed by atoms with van der Waals surface area (Å²) in [5, 5.41) is 0. The summed E-state index contributed by atoms with van der Waals surface area (Å²) in [5.74, 6) is -1.05. The third-order valence-corrected chi connectivity index (χ3v) is 2.70. The van der Waals surface area contributed by atoms with Crippen molar-refractivity contribution in [3.63, 3.8) is 0 Å². The summed E-state index contributed by atoms with van der Waals surface area (Å²) >= 11 is 11.1. The zero-order valence-corrected chi connectivity index (χ0v) is 11.3. The van der Waals surface area contributed by atoms with E-state index < -0.39 is 16.6 Å². The van der Waals surface area contributed by atoms with Gasteiger partial charge in [0.2, 0.25) is 0 Å². The number of rotatable bonds is 4. The maximum absolute atomic E-state index is 11.8. The van der Waals surface area contributed by atoms with Crippen molar-refractivity contribution in [2.75, 3.05) is 6.61 Å². The Balaban J connectivity index is 3.29. The summed E-state index contributed by atoms with van der Waals surface area (Å²) in [4.78, 5) is 25.3. The van der Waals surface area contributed by atoms with Crippen LogP contribution < -0.4 is 0 Å². The molecule has 1 aromatic heterocycles. The fourth-order valence-corrected chi connectivity index (χ4v) is 1.87. The predicted molar refractivity (Wildman–Crippen MR) is 66.0 cm³/mol. The number of aromatic amines is 1. The Labute approximate surface area is 109 Å². The molecule has 1 rings (SSSR count). The largest absolute Gasteiger partial charge is 0.462 e. The molecule has 0 bridgehead atoms. The Kier molecular flexibility index (Phi) is 4.60. The lowest BCUT2D eigenvalue weighted by Crippen LogP contribution is -2.15. The molecule has 0 radical (unpaired) electrons. The highest BCUT2D eigenvalue weighted by atomic mass is 35.5. The van der Waals surface area contributed by atoms with E-state index in [1.165, 1.54) is 0 Å². The first-order valence-corrected chi connectivity index (χ1v) is 5.96. The van der Waals surface area contributed by atoms with E-state index in [9.17, 15) is 9.59 Å². The van der Waals surface area contributed by atoms with Crippen LogP contribution in [0.4, 0.5) is 0 Å². The van der Waals surface area contributed by atoms with Crippen LogP contribution in [0.5, 0.6) is 0 Å². The first-order chi connectivity index (χ1) is 7.90. The lowest BCUT2D eigenvalue weighted by molar-refractivity contribution is 0.0522. The standard InChI is InChI=1S/C11H13Cl2NO3/c1-4-17-11(16)8-6(3)14-5(2)7(8)9(15)10(12)13/h10,14H,4H2,1-3H3. The molecule has 94 valence electrons. The number of ether oxygens (including phenoxy) is 1. The fraction of sp³-hybridized carbons (Fsp3) is 0.455. The molecule has 0 spiro atoms. The highest BCUT2D eigenvalue weighted by Gasteiger charge is 2.28. The molecule has 0 amide bonds. The van der Waals surface area contributed by atoms with Crippen molar-refractivity contribution >= 4 is 35.0 Å². The van der Waals surface area contributed by atoms with E-state index in [0.29, 0.717) is 11.4 Å². The Morgan fingerprint density at radius 1 is 1.24 bits per heavy atom. The van der Waals surface area contributed by atoms with Crippen molar-refractivity contribution in [2.45, 2.75) is 25.6 Å². The van der Waals surface area contributed by atoms with Crippen LogP contribution in [0.2, 0.25) is 0 Å². The van der Waals surface area contributed by atoms with Gasteiger partial charge < -0.3 is 9.72 Å². The second-order valence-corrected chi connectivity index (χ2v) is 4.61. The van der Waals surface area contributed by atoms with E-state index in [0.717, 1.165) is 0 Å². The van der Waals surface area contributed by atoms with Crippen LogP contribution in [0, 0.1) is 13.8 Å². The molecule has 4 nitrogen and oxygen atoms in total. The zero-order chi connectivity index (χ0) is 13.2. The van der Waals surface area contributed by atoms with Gasteiger partial charge in [0, 0.05) is 11.4 Å². The molecule has 0 saturated heterocycles. The Morgan fingerprint density at radius 3 is 2.24 bits per heavy atom. The molecule has 0 saturated carbocycles. The molecule has 1 aromatic rings. The molecule has 0 atom stereocenters. The highest BCUT2D eigenvalue weighted by molar-refractivity contribution is 6.55. The summed E-state index contributed by atoms with van der Waals surface area (Å²) in [6.45, 7) is 5.30. The number of halogens is 2. The molecule has 1 N–H and O–H groups in total. The summed E-state index contributed by atoms with van der Waals surface area (Å²) in [6, 6.07) is 0. The summed E-state index contributed by atoms with van der Waals surface area (Å²) in [5.41, 5.74) is 1.54. The number of esters is 1. The number of H-pyrrole nitrogens is 1. The van der Waals surface area contributed by atoms with Gasteiger partial charge in [-0.25, -0.2) is 4.79 Å². The van der Waals surface area contributed by atoms with Crippen molar-refractivity contribution in [2.24, 2.45) is 0 Å². The van der Waals surface area contributed by atoms with Gasteiger partial charge in [-0.1, -0.05) is 23.2 Å². The van der Waals surface area contributed by atoms with Crippen molar-refractivity contribution in [1.29, 1.82) is 0 Å². The third-order valence-electron chi connectivity index (χ3n) is 2.30. The van der Waals surface area contributed by atoms with Gasteiger partial charge in [-0.2, -0.15) is 0 Å². The van der Waals surface area contributed by atoms with Gasteiger partial charge in [-0.15, -0.1) is 0 Å². The number of hydrogen-bond donors (Lipinski definition) is 1. The number of aromatic nitrogens is 1. The van der Waals surface area contributed by atoms with Gasteiger partial charge >= 0.3 is 5.97 Å². The van der Waals surface area contributed by atoms with E-state index in [1.807, 2.05) is 0 Å². The monoisotopic (exact) mass is 277 g/mol. The average Bonchev–Trinajstić information content (AvgIpc) is 2.52. The Bertz CT molecular complexity index is 452. The minimum atomic E-state index is -1.20. The molecular formula is C11H13Cl2NO3. The van der Waals surface area contributed by atoms with Gasteiger partial charge in [0.25, 0.3) is 0 Å². The zero-order valence-electron chi connectivity index (χ0n) is 9.77. The van der Waals surface area contributed by atoms with Crippen LogP contribution in [0.3, 0.4) is 0 Å². The molecule has 1 heterocycles. The number of Topliss-reactive ketones (excluding diaryl/α,β-unsaturated/α-hetero) is 1. The van der Waals surface area contributed by atoms with Crippen LogP contribution in [-0.2, 0) is 4.74 Å². The lowest BCUT2D eigenvalue weighted by atomic mass is 10.1. The number of nitrogens with one attached hydrogen (secondary N) is 1. The molecule has 6 heteroatoms. The predicted octanol–water partition coefficient (Wildman–Crippen LogP) is 2.79. The third kappa shape index (κ3) is 2.82. The van der Waals surface area contributed by atoms with E-state index in [2.05, 4.69) is 4.98 Å². The fourth-order valence-electron chi connectivity index (χ4n) is 1.66. The first kappa shape index (κ1) is 14.1. The SMILES string of the molecule is CCOC(=O)c1c(C)[nH]c(C)c1C(=O)C(Cl)Cl. The molecule has 0 aromatic carbocycles. The van der Waals surface area contributed by atoms with Gasteiger partial charge in [0.15, 0.2) is 10.6 Å². The van der Waals surface area contributed by atoms with E-state index in [1.54, 1.807) is 20.8 Å². The van der Waals surface area contributed by atoms with Crippen LogP contribution in [0.25, 0.3) is 0 Å². The normalized spacial score (nSPS) is 10.7. The molecule has 0 aliphatic rings. The smallest absolute Gasteiger partial charge is 0.340 e. The summed E-state index contributed by atoms with van der Waals surface area (Å²) < 4.78 is 4.90. The van der Waals surface area contributed by atoms with Crippen molar-refractivity contribution in [3.8, 4) is 0 Å². The minimum absolute atomic E-state index is 0.205. The van der Waals surface area contributed by atoms with E-state index in [-0.39, 0.29) is 17.7 Å². The van der Waals surface area contributed by atoms with Gasteiger partial charge in [-0.05, 0) is 20.8 Å². The average molecular weight is 278 g/mol. The molecule has 0 aliphatic heterocycles. The van der Waals surface area contributed by atoms with Crippen molar-refractivity contribution in [1.82, 2.24) is 4.98 Å².